The molecule has 0 spiro atoms. The molecular formula is C13H22BrN3O. The highest BCUT2D eigenvalue weighted by molar-refractivity contribution is 9.10. The van der Waals surface area contributed by atoms with E-state index in [-0.39, 0.29) is 0 Å². The average molecular weight is 316 g/mol. The van der Waals surface area contributed by atoms with E-state index in [1.165, 1.54) is 5.69 Å². The molecule has 0 bridgehead atoms. The smallest absolute Gasteiger partial charge is 0.0758 e. The van der Waals surface area contributed by atoms with E-state index in [1.54, 1.807) is 0 Å². The molecule has 1 aliphatic heterocycles. The lowest BCUT2D eigenvalue weighted by atomic mass is 9.94. The molecule has 0 aromatic carbocycles. The molecule has 5 heteroatoms. The second kappa shape index (κ2) is 5.72. The van der Waals surface area contributed by atoms with E-state index >= 15 is 0 Å². The van der Waals surface area contributed by atoms with Crippen molar-refractivity contribution in [2.24, 2.45) is 13.0 Å². The molecule has 1 saturated heterocycles. The zero-order valence-electron chi connectivity index (χ0n) is 11.5. The molecule has 18 heavy (non-hydrogen) atoms. The van der Waals surface area contributed by atoms with Gasteiger partial charge in [-0.1, -0.05) is 6.92 Å². The summed E-state index contributed by atoms with van der Waals surface area (Å²) in [5.41, 5.74) is 2.28. The summed E-state index contributed by atoms with van der Waals surface area (Å²) >= 11 is 3.63. The standard InChI is InChI=1S/C13H22BrN3O/c1-8-5-6-18-13(8)10(15-3)7-11-12(14)9(2)16-17(11)4/h8,10,13,15H,5-7H2,1-4H3. The van der Waals surface area contributed by atoms with Gasteiger partial charge in [0.05, 0.1) is 22.0 Å². The monoisotopic (exact) mass is 315 g/mol. The first-order valence-electron chi connectivity index (χ1n) is 6.51. The third-order valence-electron chi connectivity index (χ3n) is 3.89. The van der Waals surface area contributed by atoms with Crippen LogP contribution in [0.3, 0.4) is 0 Å². The van der Waals surface area contributed by atoms with Crippen molar-refractivity contribution in [1.29, 1.82) is 0 Å². The molecule has 2 rings (SSSR count). The quantitative estimate of drug-likeness (QED) is 0.924. The molecule has 0 radical (unpaired) electrons. The third kappa shape index (κ3) is 2.63. The number of nitrogens with one attached hydrogen (secondary N) is 1. The van der Waals surface area contributed by atoms with Crippen molar-refractivity contribution in [2.45, 2.75) is 38.8 Å². The van der Waals surface area contributed by atoms with Crippen LogP contribution in [0.25, 0.3) is 0 Å². The molecule has 2 heterocycles. The van der Waals surface area contributed by atoms with Crippen molar-refractivity contribution in [1.82, 2.24) is 15.1 Å². The summed E-state index contributed by atoms with van der Waals surface area (Å²) in [6.45, 7) is 5.18. The second-order valence-electron chi connectivity index (χ2n) is 5.17. The van der Waals surface area contributed by atoms with Crippen LogP contribution in [0.15, 0.2) is 4.47 Å². The van der Waals surface area contributed by atoms with Crippen molar-refractivity contribution < 1.29 is 4.74 Å². The Kier molecular flexibility index (Phi) is 4.45. The topological polar surface area (TPSA) is 39.1 Å². The number of halogens is 1. The van der Waals surface area contributed by atoms with Crippen LogP contribution in [-0.4, -0.2) is 35.6 Å². The molecule has 0 amide bonds. The summed E-state index contributed by atoms with van der Waals surface area (Å²) in [6, 6.07) is 0.341. The van der Waals surface area contributed by atoms with Gasteiger partial charge in [0.25, 0.3) is 0 Å². The van der Waals surface area contributed by atoms with Gasteiger partial charge in [0, 0.05) is 26.1 Å². The van der Waals surface area contributed by atoms with Crippen molar-refractivity contribution >= 4 is 15.9 Å². The first-order valence-corrected chi connectivity index (χ1v) is 7.30. The minimum atomic E-state index is 0.303. The highest BCUT2D eigenvalue weighted by Gasteiger charge is 2.32. The molecule has 0 aliphatic carbocycles. The van der Waals surface area contributed by atoms with E-state index < -0.39 is 0 Å². The van der Waals surface area contributed by atoms with Gasteiger partial charge in [-0.2, -0.15) is 5.10 Å². The fourth-order valence-corrected chi connectivity index (χ4v) is 3.22. The Morgan fingerprint density at radius 2 is 2.33 bits per heavy atom. The molecule has 1 aromatic heterocycles. The highest BCUT2D eigenvalue weighted by atomic mass is 79.9. The summed E-state index contributed by atoms with van der Waals surface area (Å²) in [7, 11) is 4.01. The van der Waals surface area contributed by atoms with E-state index in [2.05, 4.69) is 33.3 Å². The van der Waals surface area contributed by atoms with Gasteiger partial charge in [-0.05, 0) is 42.2 Å². The predicted molar refractivity (Wildman–Crippen MR) is 75.7 cm³/mol. The summed E-state index contributed by atoms with van der Waals surface area (Å²) in [5, 5.41) is 7.84. The molecule has 102 valence electrons. The van der Waals surface area contributed by atoms with Crippen molar-refractivity contribution in [3.63, 3.8) is 0 Å². The van der Waals surface area contributed by atoms with Crippen LogP contribution in [0.1, 0.15) is 24.7 Å². The molecule has 1 aliphatic rings. The van der Waals surface area contributed by atoms with E-state index in [0.29, 0.717) is 18.1 Å². The summed E-state index contributed by atoms with van der Waals surface area (Å²) in [6.07, 6.45) is 2.40. The maximum Gasteiger partial charge on any atom is 0.0758 e. The predicted octanol–water partition coefficient (Wildman–Crippen LogP) is 2.05. The molecule has 1 aromatic rings. The van der Waals surface area contributed by atoms with E-state index in [9.17, 15) is 0 Å². The zero-order chi connectivity index (χ0) is 13.3. The van der Waals surface area contributed by atoms with Gasteiger partial charge in [0.2, 0.25) is 0 Å². The molecule has 0 saturated carbocycles. The maximum absolute atomic E-state index is 5.87. The lowest BCUT2D eigenvalue weighted by Crippen LogP contribution is -2.42. The number of rotatable bonds is 4. The van der Waals surface area contributed by atoms with Crippen LogP contribution in [0, 0.1) is 12.8 Å². The van der Waals surface area contributed by atoms with Crippen molar-refractivity contribution in [2.75, 3.05) is 13.7 Å². The van der Waals surface area contributed by atoms with Crippen molar-refractivity contribution in [3.05, 3.63) is 15.9 Å². The first kappa shape index (κ1) is 14.0. The molecule has 4 nitrogen and oxygen atoms in total. The third-order valence-corrected chi connectivity index (χ3v) is 4.92. The zero-order valence-corrected chi connectivity index (χ0v) is 13.1. The molecule has 3 atom stereocenters. The van der Waals surface area contributed by atoms with Crippen LogP contribution >= 0.6 is 15.9 Å². The number of likely N-dealkylation sites (N-methyl/N-ethyl adjacent to an activating group) is 1. The molecule has 1 fully saturated rings. The summed E-state index contributed by atoms with van der Waals surface area (Å²) in [4.78, 5) is 0. The van der Waals surface area contributed by atoms with E-state index in [0.717, 1.165) is 29.6 Å². The van der Waals surface area contributed by atoms with Gasteiger partial charge in [0.15, 0.2) is 0 Å². The summed E-state index contributed by atoms with van der Waals surface area (Å²) < 4.78 is 8.95. The maximum atomic E-state index is 5.87. The largest absolute Gasteiger partial charge is 0.376 e. The Balaban J connectivity index is 2.15. The Labute approximate surface area is 117 Å². The SMILES string of the molecule is CNC(Cc1c(Br)c(C)nn1C)C1OCCC1C. The van der Waals surface area contributed by atoms with Crippen LogP contribution in [-0.2, 0) is 18.2 Å². The second-order valence-corrected chi connectivity index (χ2v) is 5.96. The van der Waals surface area contributed by atoms with Gasteiger partial charge < -0.3 is 10.1 Å². The Bertz CT molecular complexity index is 419. The normalized spacial score (nSPS) is 25.6. The molecule has 3 unspecified atom stereocenters. The number of ether oxygens (including phenoxy) is 1. The minimum absolute atomic E-state index is 0.303. The average Bonchev–Trinajstić information content (AvgIpc) is 2.84. The van der Waals surface area contributed by atoms with E-state index in [4.69, 9.17) is 4.74 Å². The number of nitrogens with zero attached hydrogens (tertiary/aromatic N) is 2. The van der Waals surface area contributed by atoms with Crippen LogP contribution in [0.2, 0.25) is 0 Å². The first-order chi connectivity index (χ1) is 8.54. The van der Waals surface area contributed by atoms with Crippen LogP contribution in [0.4, 0.5) is 0 Å². The number of hydrogen-bond donors (Lipinski definition) is 1. The lowest BCUT2D eigenvalue weighted by Gasteiger charge is -2.26. The minimum Gasteiger partial charge on any atom is -0.376 e. The van der Waals surface area contributed by atoms with Gasteiger partial charge in [-0.15, -0.1) is 0 Å². The van der Waals surface area contributed by atoms with Gasteiger partial charge >= 0.3 is 0 Å². The Morgan fingerprint density at radius 3 is 2.78 bits per heavy atom. The number of aryl methyl sites for hydroxylation is 2. The van der Waals surface area contributed by atoms with Gasteiger partial charge in [-0.3, -0.25) is 4.68 Å². The fraction of sp³-hybridized carbons (Fsp3) is 0.769. The Hall–Kier alpha value is -0.390. The number of hydrogen-bond acceptors (Lipinski definition) is 3. The summed E-state index contributed by atoms with van der Waals surface area (Å²) in [5.74, 6) is 0.621. The van der Waals surface area contributed by atoms with Gasteiger partial charge in [-0.25, -0.2) is 0 Å². The van der Waals surface area contributed by atoms with Crippen LogP contribution < -0.4 is 5.32 Å². The molecular weight excluding hydrogens is 294 g/mol. The fourth-order valence-electron chi connectivity index (χ4n) is 2.72. The van der Waals surface area contributed by atoms with E-state index in [1.807, 2.05) is 25.7 Å². The highest BCUT2D eigenvalue weighted by Crippen LogP contribution is 2.27. The van der Waals surface area contributed by atoms with Crippen molar-refractivity contribution in [3.8, 4) is 0 Å². The van der Waals surface area contributed by atoms with Crippen LogP contribution in [0.5, 0.6) is 0 Å². The lowest BCUT2D eigenvalue weighted by molar-refractivity contribution is 0.0628. The van der Waals surface area contributed by atoms with Gasteiger partial charge in [0.1, 0.15) is 0 Å². The number of aromatic nitrogens is 2. The molecule has 1 N–H and O–H groups in total. The Morgan fingerprint density at radius 1 is 1.61 bits per heavy atom.